The van der Waals surface area contributed by atoms with E-state index >= 15 is 0 Å². The fraction of sp³-hybridized carbons (Fsp3) is 0.864. The highest BCUT2D eigenvalue weighted by molar-refractivity contribution is 6.23. The van der Waals surface area contributed by atoms with Gasteiger partial charge in [-0.25, -0.2) is 0 Å². The van der Waals surface area contributed by atoms with Crippen LogP contribution >= 0.6 is 11.6 Å². The van der Waals surface area contributed by atoms with Crippen molar-refractivity contribution in [2.24, 2.45) is 0 Å². The van der Waals surface area contributed by atoms with Gasteiger partial charge in [-0.1, -0.05) is 237 Å². The molecule has 0 nitrogen and oxygen atoms in total. The number of aryl methyl sites for hydroxylation is 1. The molecule has 0 bridgehead atoms. The lowest BCUT2D eigenvalue weighted by atomic mass is 9.88. The topological polar surface area (TPSA) is 0 Å². The van der Waals surface area contributed by atoms with Crippen LogP contribution in [0.15, 0.2) is 24.3 Å². The number of rotatable bonds is 35. The second kappa shape index (κ2) is 32.1. The van der Waals surface area contributed by atoms with Gasteiger partial charge in [-0.05, 0) is 37.3 Å². The molecular weight excluding hydrogens is 564 g/mol. The summed E-state index contributed by atoms with van der Waals surface area (Å²) in [5.41, 5.74) is 2.89. The maximum atomic E-state index is 7.21. The Morgan fingerprint density at radius 2 is 0.689 bits per heavy atom. The van der Waals surface area contributed by atoms with Gasteiger partial charge in [0.25, 0.3) is 0 Å². The lowest BCUT2D eigenvalue weighted by Gasteiger charge is -2.26. The molecule has 1 aromatic carbocycles. The van der Waals surface area contributed by atoms with Crippen molar-refractivity contribution in [2.45, 2.75) is 244 Å². The van der Waals surface area contributed by atoms with Crippen molar-refractivity contribution in [3.8, 4) is 0 Å². The first-order chi connectivity index (χ1) is 22.1. The normalized spacial score (nSPS) is 13.0. The lowest BCUT2D eigenvalue weighted by Crippen LogP contribution is -2.16. The maximum Gasteiger partial charge on any atom is 0.0669 e. The predicted molar refractivity (Wildman–Crippen MR) is 207 cm³/mol. The smallest absolute Gasteiger partial charge is 0.0669 e. The molecule has 0 aliphatic carbocycles. The maximum absolute atomic E-state index is 7.21. The highest BCUT2D eigenvalue weighted by Gasteiger charge is 2.25. The van der Waals surface area contributed by atoms with Crippen LogP contribution in [0.25, 0.3) is 0 Å². The van der Waals surface area contributed by atoms with Crippen molar-refractivity contribution < 1.29 is 0 Å². The van der Waals surface area contributed by atoms with E-state index in [1.807, 2.05) is 0 Å². The lowest BCUT2D eigenvalue weighted by molar-refractivity contribution is 0.506. The van der Waals surface area contributed by atoms with Crippen molar-refractivity contribution in [1.82, 2.24) is 0 Å². The predicted octanol–water partition coefficient (Wildman–Crippen LogP) is 16.6. The van der Waals surface area contributed by atoms with Crippen LogP contribution in [0.2, 0.25) is 0 Å². The number of hydrogen-bond acceptors (Lipinski definition) is 0. The zero-order chi connectivity index (χ0) is 32.5. The third kappa shape index (κ3) is 26.2. The Labute approximate surface area is 290 Å². The SMILES string of the molecule is CCCCCCCCCCCCCCCCCCc1ccccc1C(C)(Cl)CCCCCCCCCCCCCCCCCC. The molecule has 0 spiro atoms. The number of benzene rings is 1. The van der Waals surface area contributed by atoms with Gasteiger partial charge in [-0.3, -0.25) is 0 Å². The zero-order valence-electron chi connectivity index (χ0n) is 31.2. The summed E-state index contributed by atoms with van der Waals surface area (Å²) in [5, 5.41) is 0. The van der Waals surface area contributed by atoms with E-state index in [0.717, 1.165) is 6.42 Å². The van der Waals surface area contributed by atoms with Crippen LogP contribution in [-0.4, -0.2) is 0 Å². The van der Waals surface area contributed by atoms with Crippen LogP contribution in [0.3, 0.4) is 0 Å². The summed E-state index contributed by atoms with van der Waals surface area (Å²) in [6, 6.07) is 9.06. The fourth-order valence-electron chi connectivity index (χ4n) is 7.25. The minimum absolute atomic E-state index is 0.221. The van der Waals surface area contributed by atoms with Gasteiger partial charge in [0.1, 0.15) is 0 Å². The third-order valence-electron chi connectivity index (χ3n) is 10.4. The zero-order valence-corrected chi connectivity index (χ0v) is 32.0. The summed E-state index contributed by atoms with van der Waals surface area (Å²) in [4.78, 5) is -0.221. The van der Waals surface area contributed by atoms with Crippen LogP contribution in [0.4, 0.5) is 0 Å². The van der Waals surface area contributed by atoms with Crippen molar-refractivity contribution in [3.63, 3.8) is 0 Å². The first kappa shape index (κ1) is 42.5. The van der Waals surface area contributed by atoms with Crippen molar-refractivity contribution in [3.05, 3.63) is 35.4 Å². The molecule has 1 rings (SSSR count). The molecule has 0 N–H and O–H groups in total. The van der Waals surface area contributed by atoms with Crippen molar-refractivity contribution in [1.29, 1.82) is 0 Å². The minimum atomic E-state index is -0.221. The highest BCUT2D eigenvalue weighted by Crippen LogP contribution is 2.37. The first-order valence-electron chi connectivity index (χ1n) is 20.9. The molecule has 0 amide bonds. The molecule has 45 heavy (non-hydrogen) atoms. The Balaban J connectivity index is 2.01. The Morgan fingerprint density at radius 1 is 0.400 bits per heavy atom. The number of alkyl halides is 1. The second-order valence-electron chi connectivity index (χ2n) is 15.0. The Morgan fingerprint density at radius 3 is 1.04 bits per heavy atom. The largest absolute Gasteiger partial charge is 0.114 e. The van der Waals surface area contributed by atoms with Gasteiger partial charge in [0.2, 0.25) is 0 Å². The van der Waals surface area contributed by atoms with Crippen LogP contribution in [0.5, 0.6) is 0 Å². The summed E-state index contributed by atoms with van der Waals surface area (Å²) in [6.07, 6.45) is 47.9. The average molecular weight is 646 g/mol. The van der Waals surface area contributed by atoms with Crippen LogP contribution in [-0.2, 0) is 11.3 Å². The van der Waals surface area contributed by atoms with Crippen molar-refractivity contribution >= 4 is 11.6 Å². The van der Waals surface area contributed by atoms with Crippen molar-refractivity contribution in [2.75, 3.05) is 0 Å². The molecule has 0 fully saturated rings. The third-order valence-corrected chi connectivity index (χ3v) is 10.8. The van der Waals surface area contributed by atoms with Gasteiger partial charge in [0, 0.05) is 0 Å². The summed E-state index contributed by atoms with van der Waals surface area (Å²) in [6.45, 7) is 6.88. The average Bonchev–Trinajstić information content (AvgIpc) is 3.04. The Hall–Kier alpha value is -0.490. The van der Waals surface area contributed by atoms with E-state index in [4.69, 9.17) is 11.6 Å². The number of halogens is 1. The molecule has 264 valence electrons. The number of hydrogen-bond donors (Lipinski definition) is 0. The van der Waals surface area contributed by atoms with Gasteiger partial charge < -0.3 is 0 Å². The Kier molecular flexibility index (Phi) is 30.3. The van der Waals surface area contributed by atoms with Gasteiger partial charge >= 0.3 is 0 Å². The van der Waals surface area contributed by atoms with Crippen LogP contribution in [0.1, 0.15) is 244 Å². The summed E-state index contributed by atoms with van der Waals surface area (Å²) in [7, 11) is 0. The fourth-order valence-corrected chi connectivity index (χ4v) is 7.57. The van der Waals surface area contributed by atoms with Gasteiger partial charge in [0.05, 0.1) is 4.87 Å². The molecule has 0 radical (unpaired) electrons. The second-order valence-corrected chi connectivity index (χ2v) is 15.8. The van der Waals surface area contributed by atoms with E-state index in [2.05, 4.69) is 45.0 Å². The van der Waals surface area contributed by atoms with E-state index in [1.54, 1.807) is 0 Å². The quantitative estimate of drug-likeness (QED) is 0.0509. The molecule has 0 aliphatic heterocycles. The summed E-state index contributed by atoms with van der Waals surface area (Å²) in [5.74, 6) is 0. The summed E-state index contributed by atoms with van der Waals surface area (Å²) >= 11 is 7.21. The highest BCUT2D eigenvalue weighted by atomic mass is 35.5. The molecule has 0 aliphatic rings. The molecule has 0 saturated heterocycles. The molecular formula is C44H81Cl. The van der Waals surface area contributed by atoms with Gasteiger partial charge in [-0.2, -0.15) is 0 Å². The molecule has 1 atom stereocenters. The summed E-state index contributed by atoms with van der Waals surface area (Å²) < 4.78 is 0. The van der Waals surface area contributed by atoms with E-state index < -0.39 is 0 Å². The first-order valence-corrected chi connectivity index (χ1v) is 21.3. The van der Waals surface area contributed by atoms with E-state index in [1.165, 1.54) is 223 Å². The Bertz CT molecular complexity index is 721. The van der Waals surface area contributed by atoms with Crippen LogP contribution < -0.4 is 0 Å². The molecule has 0 saturated carbocycles. The molecule has 1 unspecified atom stereocenters. The van der Waals surface area contributed by atoms with E-state index in [-0.39, 0.29) is 4.87 Å². The molecule has 0 aromatic heterocycles. The van der Waals surface area contributed by atoms with E-state index in [0.29, 0.717) is 0 Å². The minimum Gasteiger partial charge on any atom is -0.114 e. The van der Waals surface area contributed by atoms with E-state index in [9.17, 15) is 0 Å². The molecule has 1 heteroatoms. The standard InChI is InChI=1S/C44H81Cl/c1-4-6-8-10-12-14-16-18-20-22-24-26-28-30-32-34-38-42-39-35-36-40-43(42)44(3,45)41-37-33-31-29-27-25-23-21-19-17-15-13-11-9-7-5-2/h35-36,39-40H,4-34,37-38,41H2,1-3H3. The number of unbranched alkanes of at least 4 members (excludes halogenated alkanes) is 30. The van der Waals surface area contributed by atoms with Crippen LogP contribution in [0, 0.1) is 0 Å². The van der Waals surface area contributed by atoms with Gasteiger partial charge in [0.15, 0.2) is 0 Å². The monoisotopic (exact) mass is 645 g/mol. The molecule has 1 aromatic rings. The molecule has 0 heterocycles. The van der Waals surface area contributed by atoms with Gasteiger partial charge in [-0.15, -0.1) is 11.6 Å².